The quantitative estimate of drug-likeness (QED) is 0.359. The molecule has 0 aliphatic heterocycles. The molecule has 1 aromatic carbocycles. The van der Waals surface area contributed by atoms with Gasteiger partial charge in [-0.05, 0) is 18.6 Å². The van der Waals surface area contributed by atoms with E-state index in [-0.39, 0.29) is 10.6 Å². The Kier molecular flexibility index (Phi) is 5.52. The van der Waals surface area contributed by atoms with Crippen molar-refractivity contribution >= 4 is 29.3 Å². The van der Waals surface area contributed by atoms with Gasteiger partial charge in [0.05, 0.1) is 9.82 Å². The maximum absolute atomic E-state index is 11.5. The Morgan fingerprint density at radius 1 is 1.29 bits per heavy atom. The molecule has 0 fully saturated rings. The molecule has 0 saturated carbocycles. The molecule has 1 N–H and O–H groups in total. The lowest BCUT2D eigenvalue weighted by Crippen LogP contribution is -2.20. The van der Waals surface area contributed by atoms with Crippen LogP contribution in [0.5, 0.6) is 0 Å². The van der Waals surface area contributed by atoms with Crippen LogP contribution >= 0.6 is 0 Å². The Balaban J connectivity index is 2.86. The van der Waals surface area contributed by atoms with Crippen LogP contribution in [0.1, 0.15) is 6.42 Å². The van der Waals surface area contributed by atoms with E-state index in [9.17, 15) is 18.5 Å². The lowest BCUT2D eigenvalue weighted by Gasteiger charge is -2.15. The highest BCUT2D eigenvalue weighted by Gasteiger charge is 2.18. The monoisotopic (exact) mass is 330 g/mol. The van der Waals surface area contributed by atoms with Gasteiger partial charge in [0.1, 0.15) is 5.69 Å². The van der Waals surface area contributed by atoms with Crippen LogP contribution in [0.4, 0.5) is 11.4 Å². The van der Waals surface area contributed by atoms with Gasteiger partial charge in [-0.3, -0.25) is 10.1 Å². The van der Waals surface area contributed by atoms with Crippen molar-refractivity contribution < 1.29 is 13.3 Å². The number of nitrogens with one attached hydrogen (secondary N) is 1. The van der Waals surface area contributed by atoms with Gasteiger partial charge in [0.2, 0.25) is 0 Å². The first-order valence-electron chi connectivity index (χ1n) is 6.73. The van der Waals surface area contributed by atoms with Crippen LogP contribution in [0.2, 0.25) is 25.7 Å². The van der Waals surface area contributed by atoms with Gasteiger partial charge in [0.15, 0.2) is 9.84 Å². The molecule has 1 aromatic rings. The molecular weight excluding hydrogens is 308 g/mol. The van der Waals surface area contributed by atoms with Crippen molar-refractivity contribution in [2.45, 2.75) is 37.0 Å². The van der Waals surface area contributed by atoms with Crippen LogP contribution in [-0.4, -0.2) is 34.2 Å². The SMILES string of the molecule is C[Si](C)(C)CCCNc1ccc(S(C)(=O)=O)cc1[N+](=O)[O-]. The smallest absolute Gasteiger partial charge is 0.293 e. The average molecular weight is 330 g/mol. The van der Waals surface area contributed by atoms with Gasteiger partial charge >= 0.3 is 0 Å². The number of rotatable bonds is 7. The molecule has 0 radical (unpaired) electrons. The molecule has 118 valence electrons. The molecule has 0 aliphatic rings. The zero-order chi connectivity index (χ0) is 16.3. The summed E-state index contributed by atoms with van der Waals surface area (Å²) in [4.78, 5) is 10.5. The van der Waals surface area contributed by atoms with Crippen LogP contribution in [0.25, 0.3) is 0 Å². The summed E-state index contributed by atoms with van der Waals surface area (Å²) in [5.41, 5.74) is 0.161. The zero-order valence-electron chi connectivity index (χ0n) is 12.8. The third-order valence-electron chi connectivity index (χ3n) is 3.01. The molecule has 0 bridgehead atoms. The number of hydrogen-bond acceptors (Lipinski definition) is 5. The van der Waals surface area contributed by atoms with Crippen LogP contribution in [-0.2, 0) is 9.84 Å². The number of anilines is 1. The van der Waals surface area contributed by atoms with Crippen molar-refractivity contribution in [1.82, 2.24) is 0 Å². The minimum absolute atomic E-state index is 0.0400. The highest BCUT2D eigenvalue weighted by Crippen LogP contribution is 2.27. The minimum Gasteiger partial charge on any atom is -0.380 e. The highest BCUT2D eigenvalue weighted by atomic mass is 32.2. The first-order valence-corrected chi connectivity index (χ1v) is 12.3. The van der Waals surface area contributed by atoms with E-state index >= 15 is 0 Å². The fourth-order valence-electron chi connectivity index (χ4n) is 1.88. The van der Waals surface area contributed by atoms with E-state index in [2.05, 4.69) is 25.0 Å². The van der Waals surface area contributed by atoms with E-state index in [1.165, 1.54) is 12.1 Å². The number of sulfone groups is 1. The maximum atomic E-state index is 11.5. The predicted octanol–water partition coefficient (Wildman–Crippen LogP) is 3.14. The van der Waals surface area contributed by atoms with Crippen molar-refractivity contribution in [2.75, 3.05) is 18.1 Å². The molecule has 0 heterocycles. The second-order valence-corrected chi connectivity index (χ2v) is 13.9. The Morgan fingerprint density at radius 2 is 1.90 bits per heavy atom. The molecule has 8 heteroatoms. The second kappa shape index (κ2) is 6.57. The molecule has 1 rings (SSSR count). The van der Waals surface area contributed by atoms with Gasteiger partial charge < -0.3 is 5.32 Å². The first kappa shape index (κ1) is 17.6. The van der Waals surface area contributed by atoms with E-state index in [0.29, 0.717) is 12.2 Å². The molecule has 6 nitrogen and oxygen atoms in total. The summed E-state index contributed by atoms with van der Waals surface area (Å²) in [7, 11) is -4.56. The topological polar surface area (TPSA) is 89.3 Å². The third-order valence-corrected chi connectivity index (χ3v) is 5.98. The van der Waals surface area contributed by atoms with E-state index in [1.54, 1.807) is 0 Å². The second-order valence-electron chi connectivity index (χ2n) is 6.30. The number of benzene rings is 1. The number of hydrogen-bond donors (Lipinski definition) is 1. The van der Waals surface area contributed by atoms with E-state index in [1.807, 2.05) is 0 Å². The summed E-state index contributed by atoms with van der Waals surface area (Å²) in [5, 5.41) is 14.1. The Hall–Kier alpha value is -1.41. The summed E-state index contributed by atoms with van der Waals surface area (Å²) in [6, 6.07) is 5.09. The van der Waals surface area contributed by atoms with Crippen molar-refractivity contribution in [3.63, 3.8) is 0 Å². The van der Waals surface area contributed by atoms with Crippen molar-refractivity contribution in [2.24, 2.45) is 0 Å². The Bertz CT molecular complexity index is 624. The molecule has 0 aromatic heterocycles. The Labute approximate surface area is 126 Å². The lowest BCUT2D eigenvalue weighted by atomic mass is 10.2. The number of nitro benzene ring substituents is 1. The molecule has 0 unspecified atom stereocenters. The standard InChI is InChI=1S/C13H22N2O4SSi/c1-20(18,19)11-6-7-12(13(10-11)15(16)17)14-8-5-9-21(2,3)4/h6-7,10,14H,5,8-9H2,1-4H3. The van der Waals surface area contributed by atoms with Gasteiger partial charge in [-0.15, -0.1) is 0 Å². The average Bonchev–Trinajstić information content (AvgIpc) is 2.32. The van der Waals surface area contributed by atoms with E-state index in [0.717, 1.165) is 24.8 Å². The maximum Gasteiger partial charge on any atom is 0.293 e. The summed E-state index contributed by atoms with van der Waals surface area (Å²) in [5.74, 6) is 0. The van der Waals surface area contributed by atoms with Gasteiger partial charge in [-0.1, -0.05) is 25.7 Å². The number of nitro groups is 1. The summed E-state index contributed by atoms with van der Waals surface area (Å²) < 4.78 is 22.9. The third kappa shape index (κ3) is 5.84. The lowest BCUT2D eigenvalue weighted by molar-refractivity contribution is -0.384. The van der Waals surface area contributed by atoms with Gasteiger partial charge in [0, 0.05) is 26.9 Å². The summed E-state index contributed by atoms with van der Waals surface area (Å²) >= 11 is 0. The molecule has 0 saturated heterocycles. The van der Waals surface area contributed by atoms with Gasteiger partial charge in [0.25, 0.3) is 5.69 Å². The molecule has 21 heavy (non-hydrogen) atoms. The molecule has 0 atom stereocenters. The normalized spacial score (nSPS) is 12.2. The fraction of sp³-hybridized carbons (Fsp3) is 0.538. The Morgan fingerprint density at radius 3 is 2.38 bits per heavy atom. The van der Waals surface area contributed by atoms with Crippen LogP contribution < -0.4 is 5.32 Å². The van der Waals surface area contributed by atoms with E-state index < -0.39 is 22.8 Å². The van der Waals surface area contributed by atoms with Gasteiger partial charge in [-0.25, -0.2) is 8.42 Å². The predicted molar refractivity (Wildman–Crippen MR) is 87.5 cm³/mol. The zero-order valence-corrected chi connectivity index (χ0v) is 14.7. The van der Waals surface area contributed by atoms with Crippen LogP contribution in [0.15, 0.2) is 23.1 Å². The molecule has 0 amide bonds. The summed E-state index contributed by atoms with van der Waals surface area (Å²) in [6.07, 6.45) is 1.98. The summed E-state index contributed by atoms with van der Waals surface area (Å²) in [6.45, 7) is 7.46. The first-order chi connectivity index (χ1) is 9.50. The minimum atomic E-state index is -3.45. The highest BCUT2D eigenvalue weighted by molar-refractivity contribution is 7.90. The van der Waals surface area contributed by atoms with Crippen molar-refractivity contribution in [3.8, 4) is 0 Å². The molecule has 0 spiro atoms. The van der Waals surface area contributed by atoms with Crippen LogP contribution in [0.3, 0.4) is 0 Å². The fourth-order valence-corrected chi connectivity index (χ4v) is 3.76. The van der Waals surface area contributed by atoms with E-state index in [4.69, 9.17) is 0 Å². The van der Waals surface area contributed by atoms with Crippen LogP contribution in [0, 0.1) is 10.1 Å². The van der Waals surface area contributed by atoms with Gasteiger partial charge in [-0.2, -0.15) is 0 Å². The largest absolute Gasteiger partial charge is 0.380 e. The number of nitrogens with zero attached hydrogens (tertiary/aromatic N) is 1. The molecule has 0 aliphatic carbocycles. The van der Waals surface area contributed by atoms with Crippen molar-refractivity contribution in [1.29, 1.82) is 0 Å². The van der Waals surface area contributed by atoms with Crippen molar-refractivity contribution in [3.05, 3.63) is 28.3 Å². The molecular formula is C13H22N2O4SSi.